The van der Waals surface area contributed by atoms with Crippen molar-refractivity contribution in [1.29, 1.82) is 0 Å². The van der Waals surface area contributed by atoms with Crippen LogP contribution < -0.4 is 4.90 Å². The Hall–Kier alpha value is -1.43. The normalized spacial score (nSPS) is 17.0. The first-order valence-corrected chi connectivity index (χ1v) is 8.56. The monoisotopic (exact) mass is 331 g/mol. The fraction of sp³-hybridized carbons (Fsp3) is 0.125. The van der Waals surface area contributed by atoms with Crippen molar-refractivity contribution in [1.82, 2.24) is 0 Å². The lowest BCUT2D eigenvalue weighted by atomic mass is 10.1. The maximum Gasteiger partial charge on any atom is 0.270 e. The Kier molecular flexibility index (Phi) is 3.97. The number of thioether (sulfide) groups is 1. The highest BCUT2D eigenvalue weighted by molar-refractivity contribution is 8.27. The second-order valence-electron chi connectivity index (χ2n) is 4.77. The number of thiocarbonyl (C=S) groups is 1. The van der Waals surface area contributed by atoms with Gasteiger partial charge in [-0.1, -0.05) is 48.2 Å². The van der Waals surface area contributed by atoms with Gasteiger partial charge in [0.2, 0.25) is 0 Å². The summed E-state index contributed by atoms with van der Waals surface area (Å²) >= 11 is 8.40. The van der Waals surface area contributed by atoms with E-state index in [1.807, 2.05) is 55.6 Å². The Labute approximate surface area is 137 Å². The Morgan fingerprint density at radius 2 is 1.86 bits per heavy atom. The van der Waals surface area contributed by atoms with Crippen LogP contribution in [0.4, 0.5) is 5.69 Å². The Morgan fingerprint density at radius 3 is 2.48 bits per heavy atom. The SMILES string of the molecule is Cc1cccc(C)c1N1C(=O)/C(=C/c2cccs2)SC1=S. The summed E-state index contributed by atoms with van der Waals surface area (Å²) < 4.78 is 0.597. The van der Waals surface area contributed by atoms with Gasteiger partial charge >= 0.3 is 0 Å². The lowest BCUT2D eigenvalue weighted by molar-refractivity contribution is -0.113. The summed E-state index contributed by atoms with van der Waals surface area (Å²) in [5.74, 6) is -0.0317. The molecule has 1 saturated heterocycles. The molecule has 0 atom stereocenters. The zero-order valence-electron chi connectivity index (χ0n) is 11.6. The molecule has 0 N–H and O–H groups in total. The van der Waals surface area contributed by atoms with Crippen molar-refractivity contribution in [2.24, 2.45) is 0 Å². The lowest BCUT2D eigenvalue weighted by Gasteiger charge is -2.19. The average Bonchev–Trinajstić information content (AvgIpc) is 3.02. The van der Waals surface area contributed by atoms with Crippen molar-refractivity contribution in [2.45, 2.75) is 13.8 Å². The molecule has 2 aromatic rings. The predicted molar refractivity (Wildman–Crippen MR) is 95.9 cm³/mol. The number of thiophene rings is 1. The van der Waals surface area contributed by atoms with Gasteiger partial charge in [0.15, 0.2) is 4.32 Å². The minimum absolute atomic E-state index is 0.0317. The van der Waals surface area contributed by atoms with Crippen molar-refractivity contribution in [3.05, 3.63) is 56.6 Å². The van der Waals surface area contributed by atoms with E-state index in [0.717, 1.165) is 21.7 Å². The summed E-state index contributed by atoms with van der Waals surface area (Å²) in [4.78, 5) is 16.1. The highest BCUT2D eigenvalue weighted by Crippen LogP contribution is 2.38. The Balaban J connectivity index is 2.02. The number of para-hydroxylation sites is 1. The molecular weight excluding hydrogens is 318 g/mol. The van der Waals surface area contributed by atoms with Crippen molar-refractivity contribution in [3.63, 3.8) is 0 Å². The van der Waals surface area contributed by atoms with E-state index in [4.69, 9.17) is 12.2 Å². The van der Waals surface area contributed by atoms with E-state index in [-0.39, 0.29) is 5.91 Å². The molecule has 106 valence electrons. The van der Waals surface area contributed by atoms with Crippen LogP contribution in [0.5, 0.6) is 0 Å². The molecule has 1 aliphatic rings. The fourth-order valence-corrected chi connectivity index (χ4v) is 4.31. The smallest absolute Gasteiger partial charge is 0.268 e. The van der Waals surface area contributed by atoms with E-state index in [9.17, 15) is 4.79 Å². The molecule has 2 heterocycles. The summed E-state index contributed by atoms with van der Waals surface area (Å²) in [6, 6.07) is 9.97. The molecule has 0 unspecified atom stereocenters. The third-order valence-electron chi connectivity index (χ3n) is 3.27. The van der Waals surface area contributed by atoms with Gasteiger partial charge in [0, 0.05) is 4.88 Å². The average molecular weight is 331 g/mol. The number of aryl methyl sites for hydroxylation is 2. The van der Waals surface area contributed by atoms with Crippen LogP contribution >= 0.6 is 35.3 Å². The standard InChI is InChI=1S/C16H13NOS3/c1-10-5-3-6-11(2)14(10)17-15(18)13(21-16(17)19)9-12-7-4-8-20-12/h3-9H,1-2H3/b13-9-. The van der Waals surface area contributed by atoms with Gasteiger partial charge in [-0.2, -0.15) is 0 Å². The van der Waals surface area contributed by atoms with Gasteiger partial charge in [-0.05, 0) is 42.5 Å². The Bertz CT molecular complexity index is 727. The maximum atomic E-state index is 12.7. The number of anilines is 1. The highest BCUT2D eigenvalue weighted by atomic mass is 32.2. The molecule has 1 aromatic carbocycles. The number of benzene rings is 1. The Morgan fingerprint density at radius 1 is 1.14 bits per heavy atom. The highest BCUT2D eigenvalue weighted by Gasteiger charge is 2.34. The third-order valence-corrected chi connectivity index (χ3v) is 5.39. The first kappa shape index (κ1) is 14.5. The minimum atomic E-state index is -0.0317. The number of carbonyl (C=O) groups excluding carboxylic acids is 1. The van der Waals surface area contributed by atoms with Crippen molar-refractivity contribution in [2.75, 3.05) is 4.90 Å². The summed E-state index contributed by atoms with van der Waals surface area (Å²) in [5.41, 5.74) is 3.03. The van der Waals surface area contributed by atoms with Crippen LogP contribution in [0, 0.1) is 13.8 Å². The van der Waals surface area contributed by atoms with E-state index < -0.39 is 0 Å². The summed E-state index contributed by atoms with van der Waals surface area (Å²) in [6.45, 7) is 4.01. The third kappa shape index (κ3) is 2.69. The van der Waals surface area contributed by atoms with E-state index in [1.54, 1.807) is 16.2 Å². The summed E-state index contributed by atoms with van der Waals surface area (Å²) in [6.07, 6.45) is 1.91. The molecule has 1 aromatic heterocycles. The first-order valence-electron chi connectivity index (χ1n) is 6.45. The van der Waals surface area contributed by atoms with E-state index >= 15 is 0 Å². The topological polar surface area (TPSA) is 20.3 Å². The van der Waals surface area contributed by atoms with Crippen LogP contribution in [0.1, 0.15) is 16.0 Å². The molecule has 1 fully saturated rings. The van der Waals surface area contributed by atoms with Gasteiger partial charge in [-0.3, -0.25) is 9.69 Å². The number of amides is 1. The predicted octanol–water partition coefficient (Wildman–Crippen LogP) is 4.77. The van der Waals surface area contributed by atoms with Gasteiger partial charge in [0.25, 0.3) is 5.91 Å². The largest absolute Gasteiger partial charge is 0.270 e. The van der Waals surface area contributed by atoms with Gasteiger partial charge in [-0.15, -0.1) is 11.3 Å². The van der Waals surface area contributed by atoms with Crippen molar-refractivity contribution >= 4 is 57.3 Å². The number of hydrogen-bond donors (Lipinski definition) is 0. The maximum absolute atomic E-state index is 12.7. The van der Waals surface area contributed by atoms with Gasteiger partial charge in [0.05, 0.1) is 10.6 Å². The molecule has 0 radical (unpaired) electrons. The van der Waals surface area contributed by atoms with E-state index in [2.05, 4.69) is 0 Å². The first-order chi connectivity index (χ1) is 10.1. The molecule has 0 saturated carbocycles. The van der Waals surface area contributed by atoms with Crippen LogP contribution in [0.25, 0.3) is 6.08 Å². The van der Waals surface area contributed by atoms with Crippen LogP contribution in [-0.4, -0.2) is 10.2 Å². The molecule has 2 nitrogen and oxygen atoms in total. The summed E-state index contributed by atoms with van der Waals surface area (Å²) in [7, 11) is 0. The molecule has 1 aliphatic heterocycles. The number of carbonyl (C=O) groups is 1. The second-order valence-corrected chi connectivity index (χ2v) is 7.43. The van der Waals surface area contributed by atoms with Gasteiger partial charge < -0.3 is 0 Å². The van der Waals surface area contributed by atoms with Crippen LogP contribution in [0.15, 0.2) is 40.6 Å². The second kappa shape index (κ2) is 5.75. The molecule has 1 amide bonds. The van der Waals surface area contributed by atoms with Crippen molar-refractivity contribution in [3.8, 4) is 0 Å². The fourth-order valence-electron chi connectivity index (χ4n) is 2.32. The van der Waals surface area contributed by atoms with Crippen LogP contribution in [0.2, 0.25) is 0 Å². The molecule has 0 spiro atoms. The van der Waals surface area contributed by atoms with Crippen LogP contribution in [-0.2, 0) is 4.79 Å². The zero-order chi connectivity index (χ0) is 15.0. The van der Waals surface area contributed by atoms with Crippen LogP contribution in [0.3, 0.4) is 0 Å². The summed E-state index contributed by atoms with van der Waals surface area (Å²) in [5, 5.41) is 2.00. The molecule has 0 bridgehead atoms. The molecule has 3 rings (SSSR count). The lowest BCUT2D eigenvalue weighted by Crippen LogP contribution is -2.29. The van der Waals surface area contributed by atoms with Gasteiger partial charge in [-0.25, -0.2) is 0 Å². The number of rotatable bonds is 2. The zero-order valence-corrected chi connectivity index (χ0v) is 14.1. The molecule has 21 heavy (non-hydrogen) atoms. The molecule has 5 heteroatoms. The molecule has 0 aliphatic carbocycles. The number of nitrogens with zero attached hydrogens (tertiary/aromatic N) is 1. The van der Waals surface area contributed by atoms with Crippen molar-refractivity contribution < 1.29 is 4.79 Å². The quantitative estimate of drug-likeness (QED) is 0.584. The molecular formula is C16H13NOS3. The number of hydrogen-bond acceptors (Lipinski definition) is 4. The van der Waals surface area contributed by atoms with Gasteiger partial charge in [0.1, 0.15) is 0 Å². The van der Waals surface area contributed by atoms with E-state index in [0.29, 0.717) is 9.23 Å². The minimum Gasteiger partial charge on any atom is -0.268 e. The van der Waals surface area contributed by atoms with E-state index in [1.165, 1.54) is 11.8 Å².